The monoisotopic (exact) mass is 456 g/mol. The number of methoxy groups -OCH3 is 1. The molecular formula is C19H21IO5. The predicted molar refractivity (Wildman–Crippen MR) is 103 cm³/mol. The number of phenolic OH excluding ortho intramolecular Hbond substituents is 1. The number of aromatic hydroxyl groups is 1. The van der Waals surface area contributed by atoms with E-state index in [1.54, 1.807) is 30.3 Å². The summed E-state index contributed by atoms with van der Waals surface area (Å²) < 4.78 is 10.9. The quantitative estimate of drug-likeness (QED) is 0.429. The van der Waals surface area contributed by atoms with Crippen LogP contribution < -0.4 is 4.74 Å². The number of halogens is 1. The number of aliphatic hydroxyl groups is 2. The number of phenols is 1. The Morgan fingerprint density at radius 3 is 2.76 bits per heavy atom. The van der Waals surface area contributed by atoms with Gasteiger partial charge in [0.15, 0.2) is 11.5 Å². The standard InChI is InChI=1S/C19H21IO5/c1-12(9-16(22)17-7-4-8-25-17)5-3-6-15(21)13-10-14(20)19(23)18(11-13)24-2/h3-4,7-8,10-11,15-16,21-23H,6,9H2,1-2H3/t5?,15-,16-/m1/s1. The first-order chi connectivity index (χ1) is 11.9. The Bertz CT molecular complexity index is 760. The van der Waals surface area contributed by atoms with E-state index in [0.717, 1.165) is 5.57 Å². The van der Waals surface area contributed by atoms with Crippen molar-refractivity contribution in [3.8, 4) is 11.5 Å². The smallest absolute Gasteiger partial charge is 0.171 e. The maximum absolute atomic E-state index is 10.3. The Hall–Kier alpha value is -1.73. The summed E-state index contributed by atoms with van der Waals surface area (Å²) in [5, 5.41) is 30.2. The lowest BCUT2D eigenvalue weighted by molar-refractivity contribution is 0.150. The molecule has 0 aliphatic rings. The molecule has 0 fully saturated rings. The van der Waals surface area contributed by atoms with Gasteiger partial charge in [0, 0.05) is 12.8 Å². The third-order valence-corrected chi connectivity index (χ3v) is 4.54. The van der Waals surface area contributed by atoms with Gasteiger partial charge in [-0.05, 0) is 71.0 Å². The Kier molecular flexibility index (Phi) is 7.13. The van der Waals surface area contributed by atoms with E-state index in [9.17, 15) is 15.3 Å². The van der Waals surface area contributed by atoms with E-state index in [1.807, 2.05) is 29.5 Å². The lowest BCUT2D eigenvalue weighted by Crippen LogP contribution is -1.98. The van der Waals surface area contributed by atoms with Gasteiger partial charge in [-0.25, -0.2) is 0 Å². The third-order valence-electron chi connectivity index (χ3n) is 3.72. The Labute approximate surface area is 160 Å². The SMILES string of the molecule is COc1cc([C@H](O)CC=C=C(C)C[C@@H](O)c2ccco2)cc(I)c1O. The summed E-state index contributed by atoms with van der Waals surface area (Å²) in [6.45, 7) is 1.86. The summed E-state index contributed by atoms with van der Waals surface area (Å²) >= 11 is 1.99. The fourth-order valence-electron chi connectivity index (χ4n) is 2.35. The minimum Gasteiger partial charge on any atom is -0.504 e. The van der Waals surface area contributed by atoms with Gasteiger partial charge in [0.1, 0.15) is 11.9 Å². The van der Waals surface area contributed by atoms with Crippen LogP contribution in [0.5, 0.6) is 11.5 Å². The highest BCUT2D eigenvalue weighted by molar-refractivity contribution is 14.1. The first-order valence-corrected chi connectivity index (χ1v) is 8.86. The Morgan fingerprint density at radius 2 is 2.12 bits per heavy atom. The molecule has 0 amide bonds. The highest BCUT2D eigenvalue weighted by atomic mass is 127. The molecule has 1 heterocycles. The zero-order chi connectivity index (χ0) is 18.4. The molecule has 0 spiro atoms. The number of hydrogen-bond acceptors (Lipinski definition) is 5. The molecule has 2 atom stereocenters. The van der Waals surface area contributed by atoms with Crippen LogP contribution in [0.25, 0.3) is 0 Å². The van der Waals surface area contributed by atoms with E-state index in [-0.39, 0.29) is 5.75 Å². The van der Waals surface area contributed by atoms with Crippen molar-refractivity contribution in [1.29, 1.82) is 0 Å². The van der Waals surface area contributed by atoms with Crippen molar-refractivity contribution in [2.75, 3.05) is 7.11 Å². The predicted octanol–water partition coefficient (Wildman–Crippen LogP) is 4.25. The second kappa shape index (κ2) is 9.10. The summed E-state index contributed by atoms with van der Waals surface area (Å²) in [5.41, 5.74) is 4.59. The molecule has 0 bridgehead atoms. The molecule has 5 nitrogen and oxygen atoms in total. The van der Waals surface area contributed by atoms with Gasteiger partial charge >= 0.3 is 0 Å². The normalized spacial score (nSPS) is 13.0. The van der Waals surface area contributed by atoms with Gasteiger partial charge in [0.05, 0.1) is 23.0 Å². The second-order valence-corrected chi connectivity index (χ2v) is 6.83. The molecule has 134 valence electrons. The van der Waals surface area contributed by atoms with Crippen LogP contribution in [0.3, 0.4) is 0 Å². The molecule has 1 aromatic heterocycles. The van der Waals surface area contributed by atoms with Crippen molar-refractivity contribution in [2.45, 2.75) is 32.0 Å². The van der Waals surface area contributed by atoms with Crippen LogP contribution in [0.2, 0.25) is 0 Å². The van der Waals surface area contributed by atoms with Crippen LogP contribution in [-0.2, 0) is 0 Å². The lowest BCUT2D eigenvalue weighted by atomic mass is 10.0. The van der Waals surface area contributed by atoms with Gasteiger partial charge in [0.25, 0.3) is 0 Å². The van der Waals surface area contributed by atoms with Crippen LogP contribution in [0.15, 0.2) is 52.3 Å². The van der Waals surface area contributed by atoms with Gasteiger partial charge < -0.3 is 24.5 Å². The molecule has 0 aliphatic heterocycles. The van der Waals surface area contributed by atoms with Crippen molar-refractivity contribution in [3.05, 3.63) is 62.8 Å². The maximum atomic E-state index is 10.3. The summed E-state index contributed by atoms with van der Waals surface area (Å²) in [6, 6.07) is 6.80. The van der Waals surface area contributed by atoms with E-state index in [2.05, 4.69) is 5.73 Å². The fourth-order valence-corrected chi connectivity index (χ4v) is 2.98. The molecule has 1 aromatic carbocycles. The average Bonchev–Trinajstić information content (AvgIpc) is 3.11. The van der Waals surface area contributed by atoms with Gasteiger partial charge in [-0.3, -0.25) is 0 Å². The van der Waals surface area contributed by atoms with Crippen LogP contribution >= 0.6 is 22.6 Å². The maximum Gasteiger partial charge on any atom is 0.171 e. The first kappa shape index (κ1) is 19.6. The van der Waals surface area contributed by atoms with Crippen LogP contribution in [0.4, 0.5) is 0 Å². The number of benzene rings is 1. The van der Waals surface area contributed by atoms with E-state index in [0.29, 0.717) is 33.5 Å². The van der Waals surface area contributed by atoms with Crippen molar-refractivity contribution in [1.82, 2.24) is 0 Å². The van der Waals surface area contributed by atoms with E-state index >= 15 is 0 Å². The summed E-state index contributed by atoms with van der Waals surface area (Å²) in [5.74, 6) is 0.919. The van der Waals surface area contributed by atoms with E-state index in [4.69, 9.17) is 9.15 Å². The number of rotatable bonds is 7. The number of hydrogen-bond donors (Lipinski definition) is 3. The minimum atomic E-state index is -0.738. The highest BCUT2D eigenvalue weighted by Crippen LogP contribution is 2.35. The molecule has 0 radical (unpaired) electrons. The van der Waals surface area contributed by atoms with Crippen LogP contribution in [0.1, 0.15) is 43.3 Å². The number of furan rings is 1. The lowest BCUT2D eigenvalue weighted by Gasteiger charge is -2.12. The fraction of sp³-hybridized carbons (Fsp3) is 0.316. The van der Waals surface area contributed by atoms with Crippen molar-refractivity contribution in [2.24, 2.45) is 0 Å². The third kappa shape index (κ3) is 5.37. The van der Waals surface area contributed by atoms with Gasteiger partial charge in [0.2, 0.25) is 0 Å². The molecule has 0 unspecified atom stereocenters. The topological polar surface area (TPSA) is 83.1 Å². The van der Waals surface area contributed by atoms with Crippen molar-refractivity contribution in [3.63, 3.8) is 0 Å². The van der Waals surface area contributed by atoms with Crippen LogP contribution in [-0.4, -0.2) is 22.4 Å². The average molecular weight is 456 g/mol. The minimum absolute atomic E-state index is 0.0669. The molecule has 2 aromatic rings. The molecule has 0 saturated heterocycles. The Morgan fingerprint density at radius 1 is 1.36 bits per heavy atom. The van der Waals surface area contributed by atoms with E-state index in [1.165, 1.54) is 13.4 Å². The summed E-state index contributed by atoms with van der Waals surface area (Å²) in [4.78, 5) is 0. The number of ether oxygens (including phenoxy) is 1. The van der Waals surface area contributed by atoms with E-state index < -0.39 is 12.2 Å². The first-order valence-electron chi connectivity index (χ1n) is 7.79. The van der Waals surface area contributed by atoms with Crippen LogP contribution in [0, 0.1) is 3.57 Å². The highest BCUT2D eigenvalue weighted by Gasteiger charge is 2.14. The second-order valence-electron chi connectivity index (χ2n) is 5.67. The molecule has 6 heteroatoms. The molecule has 25 heavy (non-hydrogen) atoms. The largest absolute Gasteiger partial charge is 0.504 e. The number of aliphatic hydroxyl groups excluding tert-OH is 2. The molecule has 2 rings (SSSR count). The van der Waals surface area contributed by atoms with Gasteiger partial charge in [-0.15, -0.1) is 5.73 Å². The zero-order valence-electron chi connectivity index (χ0n) is 14.1. The molecule has 0 aliphatic carbocycles. The summed E-state index contributed by atoms with van der Waals surface area (Å²) in [7, 11) is 1.47. The summed E-state index contributed by atoms with van der Waals surface area (Å²) in [6.07, 6.45) is 2.59. The van der Waals surface area contributed by atoms with Gasteiger partial charge in [-0.2, -0.15) is 0 Å². The Balaban J connectivity index is 2.02. The molecule has 0 saturated carbocycles. The van der Waals surface area contributed by atoms with Crippen molar-refractivity contribution < 1.29 is 24.5 Å². The van der Waals surface area contributed by atoms with Gasteiger partial charge in [-0.1, -0.05) is 0 Å². The molecule has 3 N–H and O–H groups in total. The van der Waals surface area contributed by atoms with Crippen molar-refractivity contribution >= 4 is 22.6 Å². The zero-order valence-corrected chi connectivity index (χ0v) is 16.2. The molecular weight excluding hydrogens is 435 g/mol.